The minimum Gasteiger partial charge on any atom is -0.486 e. The molecule has 1 atom stereocenters. The van der Waals surface area contributed by atoms with E-state index in [1.165, 1.54) is 11.0 Å². The van der Waals surface area contributed by atoms with Gasteiger partial charge in [-0.25, -0.2) is 4.68 Å². The van der Waals surface area contributed by atoms with Crippen molar-refractivity contribution in [2.45, 2.75) is 12.6 Å². The van der Waals surface area contributed by atoms with Crippen molar-refractivity contribution in [3.8, 4) is 17.2 Å². The van der Waals surface area contributed by atoms with E-state index in [1.54, 1.807) is 35.3 Å². The van der Waals surface area contributed by atoms with Crippen LogP contribution in [-0.4, -0.2) is 48.6 Å². The molecule has 0 spiro atoms. The van der Waals surface area contributed by atoms with Gasteiger partial charge >= 0.3 is 0 Å². The second-order valence-electron chi connectivity index (χ2n) is 6.71. The number of aromatic nitrogens is 6. The summed E-state index contributed by atoms with van der Waals surface area (Å²) >= 11 is 0. The lowest BCUT2D eigenvalue weighted by molar-refractivity contribution is 0.0759. The number of rotatable bonds is 5. The fourth-order valence-electron chi connectivity index (χ4n) is 3.16. The van der Waals surface area contributed by atoms with Gasteiger partial charge in [-0.1, -0.05) is 18.2 Å². The molecule has 1 amide bonds. The summed E-state index contributed by atoms with van der Waals surface area (Å²) in [6, 6.07) is 14.6. The molecule has 1 unspecified atom stereocenters. The van der Waals surface area contributed by atoms with Gasteiger partial charge in [-0.3, -0.25) is 9.48 Å². The maximum absolute atomic E-state index is 12.6. The van der Waals surface area contributed by atoms with E-state index < -0.39 is 0 Å². The first-order valence-electron chi connectivity index (χ1n) is 9.30. The number of tetrazole rings is 1. The summed E-state index contributed by atoms with van der Waals surface area (Å²) < 4.78 is 14.9. The van der Waals surface area contributed by atoms with Crippen LogP contribution in [0.3, 0.4) is 0 Å². The molecule has 0 bridgehead atoms. The largest absolute Gasteiger partial charge is 0.486 e. The lowest BCUT2D eigenvalue weighted by Gasteiger charge is -2.26. The van der Waals surface area contributed by atoms with Crippen LogP contribution in [0.1, 0.15) is 10.4 Å². The van der Waals surface area contributed by atoms with Gasteiger partial charge in [0.25, 0.3) is 5.91 Å². The highest BCUT2D eigenvalue weighted by Gasteiger charge is 2.21. The summed E-state index contributed by atoms with van der Waals surface area (Å²) in [7, 11) is 0. The van der Waals surface area contributed by atoms with Crippen LogP contribution in [0.15, 0.2) is 67.3 Å². The van der Waals surface area contributed by atoms with Crippen LogP contribution in [0, 0.1) is 0 Å². The van der Waals surface area contributed by atoms with Crippen molar-refractivity contribution in [1.29, 1.82) is 0 Å². The van der Waals surface area contributed by atoms with E-state index in [1.807, 2.05) is 30.3 Å². The number of para-hydroxylation sites is 2. The average Bonchev–Trinajstić information content (AvgIpc) is 3.46. The maximum atomic E-state index is 12.6. The fraction of sp³-hybridized carbons (Fsp3) is 0.150. The third-order valence-electron chi connectivity index (χ3n) is 4.57. The van der Waals surface area contributed by atoms with Crippen LogP contribution in [0.4, 0.5) is 5.69 Å². The number of ether oxygens (including phenoxy) is 2. The molecule has 3 heterocycles. The first-order chi connectivity index (χ1) is 14.7. The van der Waals surface area contributed by atoms with Gasteiger partial charge in [-0.05, 0) is 40.8 Å². The minimum absolute atomic E-state index is 0.170. The number of fused-ring (bicyclic) bond motifs is 1. The lowest BCUT2D eigenvalue weighted by Crippen LogP contribution is -2.33. The van der Waals surface area contributed by atoms with Crippen LogP contribution in [0.5, 0.6) is 11.5 Å². The van der Waals surface area contributed by atoms with Crippen molar-refractivity contribution in [3.63, 3.8) is 0 Å². The normalized spacial score (nSPS) is 15.0. The third kappa shape index (κ3) is 3.70. The molecule has 0 fully saturated rings. The fourth-order valence-corrected chi connectivity index (χ4v) is 3.16. The zero-order valence-corrected chi connectivity index (χ0v) is 15.8. The first kappa shape index (κ1) is 17.9. The van der Waals surface area contributed by atoms with E-state index in [2.05, 4.69) is 25.9 Å². The number of hydrogen-bond acceptors (Lipinski definition) is 7. The smallest absolute Gasteiger partial charge is 0.255 e. The van der Waals surface area contributed by atoms with E-state index in [9.17, 15) is 4.79 Å². The standard InChI is InChI=1S/C20H17N7O3/c28-20(14-4-3-5-16(8-14)27-13-21-24-25-27)23-15-9-22-26(10-15)11-17-12-29-18-6-1-2-7-19(18)30-17/h1-10,13,17H,11-12H2,(H,23,28). The second kappa shape index (κ2) is 7.66. The van der Waals surface area contributed by atoms with Gasteiger partial charge in [0.2, 0.25) is 0 Å². The molecule has 150 valence electrons. The molecule has 10 heteroatoms. The van der Waals surface area contributed by atoms with Crippen molar-refractivity contribution >= 4 is 11.6 Å². The molecule has 30 heavy (non-hydrogen) atoms. The van der Waals surface area contributed by atoms with Crippen molar-refractivity contribution in [2.24, 2.45) is 0 Å². The molecule has 0 saturated carbocycles. The molecule has 0 saturated heterocycles. The van der Waals surface area contributed by atoms with Gasteiger partial charge in [0.15, 0.2) is 17.6 Å². The predicted octanol–water partition coefficient (Wildman–Crippen LogP) is 1.95. The number of nitrogens with one attached hydrogen (secondary N) is 1. The van der Waals surface area contributed by atoms with Crippen LogP contribution in [0.25, 0.3) is 5.69 Å². The Labute approximate surface area is 171 Å². The molecule has 1 aliphatic heterocycles. The van der Waals surface area contributed by atoms with Crippen LogP contribution < -0.4 is 14.8 Å². The molecule has 0 radical (unpaired) electrons. The Bertz CT molecular complexity index is 1170. The Balaban J connectivity index is 1.23. The lowest BCUT2D eigenvalue weighted by atomic mass is 10.2. The van der Waals surface area contributed by atoms with Gasteiger partial charge in [-0.2, -0.15) is 5.10 Å². The highest BCUT2D eigenvalue weighted by molar-refractivity contribution is 6.04. The molecular formula is C20H17N7O3. The number of amides is 1. The zero-order valence-electron chi connectivity index (χ0n) is 15.8. The van der Waals surface area contributed by atoms with Gasteiger partial charge in [-0.15, -0.1) is 5.10 Å². The summed E-state index contributed by atoms with van der Waals surface area (Å²) in [5.74, 6) is 1.21. The third-order valence-corrected chi connectivity index (χ3v) is 4.57. The van der Waals surface area contributed by atoms with E-state index in [4.69, 9.17) is 9.47 Å². The SMILES string of the molecule is O=C(Nc1cnn(CC2COc3ccccc3O2)c1)c1cccc(-n2cnnn2)c1. The highest BCUT2D eigenvalue weighted by Crippen LogP contribution is 2.31. The maximum Gasteiger partial charge on any atom is 0.255 e. The quantitative estimate of drug-likeness (QED) is 0.542. The zero-order chi connectivity index (χ0) is 20.3. The number of anilines is 1. The van der Waals surface area contributed by atoms with E-state index in [0.29, 0.717) is 30.1 Å². The average molecular weight is 403 g/mol. The number of benzene rings is 2. The molecule has 2 aromatic carbocycles. The Kier molecular flexibility index (Phi) is 4.56. The van der Waals surface area contributed by atoms with Crippen LogP contribution in [0.2, 0.25) is 0 Å². The van der Waals surface area contributed by atoms with E-state index >= 15 is 0 Å². The van der Waals surface area contributed by atoms with Crippen molar-refractivity contribution in [3.05, 3.63) is 72.8 Å². The Morgan fingerprint density at radius 3 is 2.93 bits per heavy atom. The monoisotopic (exact) mass is 403 g/mol. The summed E-state index contributed by atoms with van der Waals surface area (Å²) in [6.07, 6.45) is 4.65. The molecule has 10 nitrogen and oxygen atoms in total. The summed E-state index contributed by atoms with van der Waals surface area (Å²) in [6.45, 7) is 0.932. The second-order valence-corrected chi connectivity index (χ2v) is 6.71. The minimum atomic E-state index is -0.254. The topological polar surface area (TPSA) is 109 Å². The van der Waals surface area contributed by atoms with E-state index in [0.717, 1.165) is 11.5 Å². The molecule has 5 rings (SSSR count). The van der Waals surface area contributed by atoms with Gasteiger partial charge in [0.1, 0.15) is 12.9 Å². The molecule has 0 aliphatic carbocycles. The van der Waals surface area contributed by atoms with Gasteiger partial charge in [0, 0.05) is 11.8 Å². The summed E-state index contributed by atoms with van der Waals surface area (Å²) in [5, 5.41) is 18.2. The number of carbonyl (C=O) groups is 1. The highest BCUT2D eigenvalue weighted by atomic mass is 16.6. The van der Waals surface area contributed by atoms with Crippen molar-refractivity contribution in [2.75, 3.05) is 11.9 Å². The molecule has 1 aliphatic rings. The molecule has 4 aromatic rings. The molecular weight excluding hydrogens is 386 g/mol. The predicted molar refractivity (Wildman–Crippen MR) is 106 cm³/mol. The van der Waals surface area contributed by atoms with Crippen molar-refractivity contribution in [1.82, 2.24) is 30.0 Å². The number of nitrogens with zero attached hydrogens (tertiary/aromatic N) is 6. The Morgan fingerprint density at radius 1 is 1.17 bits per heavy atom. The van der Waals surface area contributed by atoms with Gasteiger partial charge in [0.05, 0.1) is 24.1 Å². The Morgan fingerprint density at radius 2 is 2.07 bits per heavy atom. The van der Waals surface area contributed by atoms with Crippen LogP contribution >= 0.6 is 0 Å². The first-order valence-corrected chi connectivity index (χ1v) is 9.30. The summed E-state index contributed by atoms with van der Waals surface area (Å²) in [5.41, 5.74) is 1.76. The van der Waals surface area contributed by atoms with Gasteiger partial charge < -0.3 is 14.8 Å². The van der Waals surface area contributed by atoms with Crippen molar-refractivity contribution < 1.29 is 14.3 Å². The van der Waals surface area contributed by atoms with E-state index in [-0.39, 0.29) is 12.0 Å². The van der Waals surface area contributed by atoms with Crippen LogP contribution in [-0.2, 0) is 6.54 Å². The number of hydrogen-bond donors (Lipinski definition) is 1. The molecule has 2 aromatic heterocycles. The molecule has 1 N–H and O–H groups in total. The summed E-state index contributed by atoms with van der Waals surface area (Å²) in [4.78, 5) is 12.6. The Hall–Kier alpha value is -4.21. The number of carbonyl (C=O) groups excluding carboxylic acids is 1.